The molecule has 1 aromatic rings. The largest absolute Gasteiger partial charge is 0.351 e. The van der Waals surface area contributed by atoms with Gasteiger partial charge in [-0.05, 0) is 17.7 Å². The first-order valence-corrected chi connectivity index (χ1v) is 4.67. The number of nitrogens with zero attached hydrogens (tertiary/aromatic N) is 1. The molecule has 0 N–H and O–H groups in total. The Bertz CT molecular complexity index is 344. The summed E-state index contributed by atoms with van der Waals surface area (Å²) in [6.45, 7) is 11.6. The lowest BCUT2D eigenvalue weighted by Gasteiger charge is -1.85. The second-order valence-electron chi connectivity index (χ2n) is 2.56. The van der Waals surface area contributed by atoms with Crippen molar-refractivity contribution in [2.75, 3.05) is 0 Å². The first-order chi connectivity index (χ1) is 6.25. The molecule has 0 saturated heterocycles. The predicted molar refractivity (Wildman–Crippen MR) is 60.8 cm³/mol. The molecule has 0 spiro atoms. The van der Waals surface area contributed by atoms with Gasteiger partial charge in [-0.15, -0.1) is 6.58 Å². The Balaban J connectivity index is 0.000000671. The minimum absolute atomic E-state index is 0.909. The van der Waals surface area contributed by atoms with Crippen LogP contribution in [0.25, 0.3) is 12.7 Å². The van der Waals surface area contributed by atoms with E-state index in [9.17, 15) is 0 Å². The average Bonchev–Trinajstić information content (AvgIpc) is 2.48. The molecule has 0 amide bonds. The van der Waals surface area contributed by atoms with Crippen molar-refractivity contribution in [3.8, 4) is 0 Å². The summed E-state index contributed by atoms with van der Waals surface area (Å²) in [5.74, 6) is 0. The molecule has 0 bridgehead atoms. The Hall–Kier alpha value is -1.24. The summed E-state index contributed by atoms with van der Waals surface area (Å²) in [6, 6.07) is 2.06. The van der Waals surface area contributed by atoms with Gasteiger partial charge in [-0.1, -0.05) is 32.6 Å². The van der Waals surface area contributed by atoms with Gasteiger partial charge in [0, 0.05) is 18.6 Å². The zero-order valence-corrected chi connectivity index (χ0v) is 8.88. The van der Waals surface area contributed by atoms with Crippen molar-refractivity contribution in [2.24, 2.45) is 7.05 Å². The van der Waals surface area contributed by atoms with Crippen molar-refractivity contribution >= 4 is 12.7 Å². The van der Waals surface area contributed by atoms with Crippen molar-refractivity contribution < 1.29 is 0 Å². The number of allylic oxidation sites excluding steroid dienone is 1. The van der Waals surface area contributed by atoms with E-state index in [-0.39, 0.29) is 0 Å². The van der Waals surface area contributed by atoms with Crippen molar-refractivity contribution in [1.82, 2.24) is 4.57 Å². The van der Waals surface area contributed by atoms with Gasteiger partial charge < -0.3 is 4.57 Å². The molecule has 0 fully saturated rings. The first kappa shape index (κ1) is 11.8. The maximum absolute atomic E-state index is 3.93. The van der Waals surface area contributed by atoms with Crippen LogP contribution in [0.5, 0.6) is 0 Å². The molecule has 1 aromatic heterocycles. The fourth-order valence-corrected chi connectivity index (χ4v) is 0.978. The minimum atomic E-state index is 0.909. The van der Waals surface area contributed by atoms with Crippen LogP contribution in [0.4, 0.5) is 0 Å². The molecular formula is C12H19N. The predicted octanol–water partition coefficient (Wildman–Crippen LogP) is 1.82. The monoisotopic (exact) mass is 177 g/mol. The van der Waals surface area contributed by atoms with Crippen LogP contribution in [0.15, 0.2) is 24.9 Å². The molecule has 0 unspecified atom stereocenters. The van der Waals surface area contributed by atoms with Gasteiger partial charge >= 0.3 is 0 Å². The second kappa shape index (κ2) is 6.30. The maximum Gasteiger partial charge on any atom is 0.0401 e. The van der Waals surface area contributed by atoms with Gasteiger partial charge in [0.05, 0.1) is 0 Å². The highest BCUT2D eigenvalue weighted by Crippen LogP contribution is 1.79. The van der Waals surface area contributed by atoms with Crippen LogP contribution < -0.4 is 10.6 Å². The third-order valence-electron chi connectivity index (χ3n) is 1.74. The van der Waals surface area contributed by atoms with E-state index in [2.05, 4.69) is 25.3 Å². The zero-order valence-electron chi connectivity index (χ0n) is 8.88. The fourth-order valence-electron chi connectivity index (χ4n) is 0.978. The third kappa shape index (κ3) is 3.32. The third-order valence-corrected chi connectivity index (χ3v) is 1.74. The minimum Gasteiger partial charge on any atom is -0.351 e. The summed E-state index contributed by atoms with van der Waals surface area (Å²) in [6.07, 6.45) is 6.92. The lowest BCUT2D eigenvalue weighted by molar-refractivity contribution is 0.891. The number of aromatic nitrogens is 1. The standard InChI is InChI=1S/C10H13N.C2H6/c1-4-5-6-10-7-8-11(3)9(10)2;1-2/h4,6-8H,1-2,5H2,3H3;1-2H3/b10-6-;. The van der Waals surface area contributed by atoms with E-state index in [0.717, 1.165) is 11.8 Å². The molecule has 0 aliphatic carbocycles. The lowest BCUT2D eigenvalue weighted by Crippen LogP contribution is -2.25. The summed E-state index contributed by atoms with van der Waals surface area (Å²) < 4.78 is 2.01. The average molecular weight is 177 g/mol. The Morgan fingerprint density at radius 2 is 2.08 bits per heavy atom. The zero-order chi connectivity index (χ0) is 10.3. The number of hydrogen-bond acceptors (Lipinski definition) is 0. The smallest absolute Gasteiger partial charge is 0.0401 e. The van der Waals surface area contributed by atoms with Crippen LogP contribution in [-0.2, 0) is 7.05 Å². The molecule has 1 nitrogen and oxygen atoms in total. The van der Waals surface area contributed by atoms with Crippen LogP contribution in [-0.4, -0.2) is 4.57 Å². The number of hydrogen-bond donors (Lipinski definition) is 0. The van der Waals surface area contributed by atoms with Gasteiger partial charge in [0.1, 0.15) is 0 Å². The molecule has 13 heavy (non-hydrogen) atoms. The molecule has 1 rings (SSSR count). The Morgan fingerprint density at radius 3 is 2.46 bits per heavy atom. The van der Waals surface area contributed by atoms with Gasteiger partial charge in [0.25, 0.3) is 0 Å². The second-order valence-corrected chi connectivity index (χ2v) is 2.56. The molecule has 0 atom stereocenters. The molecular weight excluding hydrogens is 158 g/mol. The summed E-state index contributed by atoms with van der Waals surface area (Å²) in [5, 5.41) is 2.26. The topological polar surface area (TPSA) is 4.93 Å². The van der Waals surface area contributed by atoms with Gasteiger partial charge in [-0.25, -0.2) is 0 Å². The summed E-state index contributed by atoms with van der Waals surface area (Å²) in [4.78, 5) is 0. The normalized spacial score (nSPS) is 10.5. The SMILES string of the molecule is C=CC/C=c1/ccn(C)c1=C.CC. The molecule has 0 aliphatic rings. The van der Waals surface area contributed by atoms with E-state index in [0.29, 0.717) is 0 Å². The van der Waals surface area contributed by atoms with Gasteiger partial charge in [0.15, 0.2) is 0 Å². The van der Waals surface area contributed by atoms with E-state index in [1.165, 1.54) is 5.22 Å². The molecule has 72 valence electrons. The van der Waals surface area contributed by atoms with E-state index >= 15 is 0 Å². The van der Waals surface area contributed by atoms with Crippen molar-refractivity contribution in [3.05, 3.63) is 35.5 Å². The highest BCUT2D eigenvalue weighted by atomic mass is 14.9. The highest BCUT2D eigenvalue weighted by molar-refractivity contribution is 5.26. The molecule has 0 aromatic carbocycles. The lowest BCUT2D eigenvalue weighted by atomic mass is 10.3. The summed E-state index contributed by atoms with van der Waals surface area (Å²) in [5.41, 5.74) is 0. The quantitative estimate of drug-likeness (QED) is 0.607. The molecule has 0 saturated carbocycles. The van der Waals surface area contributed by atoms with E-state index in [1.54, 1.807) is 0 Å². The summed E-state index contributed by atoms with van der Waals surface area (Å²) in [7, 11) is 1.99. The van der Waals surface area contributed by atoms with E-state index in [4.69, 9.17) is 0 Å². The van der Waals surface area contributed by atoms with Gasteiger partial charge in [-0.2, -0.15) is 0 Å². The molecule has 1 heterocycles. The summed E-state index contributed by atoms with van der Waals surface area (Å²) >= 11 is 0. The fraction of sp³-hybridized carbons (Fsp3) is 0.333. The van der Waals surface area contributed by atoms with Crippen LogP contribution in [0.3, 0.4) is 0 Å². The Kier molecular flexibility index (Phi) is 5.69. The highest BCUT2D eigenvalue weighted by Gasteiger charge is 1.85. The molecule has 0 aliphatic heterocycles. The van der Waals surface area contributed by atoms with E-state index < -0.39 is 0 Å². The van der Waals surface area contributed by atoms with Crippen molar-refractivity contribution in [1.29, 1.82) is 0 Å². The van der Waals surface area contributed by atoms with Crippen molar-refractivity contribution in [3.63, 3.8) is 0 Å². The maximum atomic E-state index is 3.93. The first-order valence-electron chi connectivity index (χ1n) is 4.67. The van der Waals surface area contributed by atoms with Crippen molar-refractivity contribution in [2.45, 2.75) is 20.3 Å². The van der Waals surface area contributed by atoms with Crippen LogP contribution in [0, 0.1) is 0 Å². The van der Waals surface area contributed by atoms with Gasteiger partial charge in [0.2, 0.25) is 0 Å². The Morgan fingerprint density at radius 1 is 1.46 bits per heavy atom. The van der Waals surface area contributed by atoms with Crippen LogP contribution in [0.1, 0.15) is 20.3 Å². The van der Waals surface area contributed by atoms with Crippen LogP contribution in [0.2, 0.25) is 0 Å². The van der Waals surface area contributed by atoms with E-state index in [1.807, 2.05) is 37.7 Å². The number of rotatable bonds is 2. The van der Waals surface area contributed by atoms with Crippen LogP contribution >= 0.6 is 0 Å². The number of aryl methyl sites for hydroxylation is 1. The molecule has 1 heteroatoms. The molecule has 0 radical (unpaired) electrons. The van der Waals surface area contributed by atoms with Gasteiger partial charge in [-0.3, -0.25) is 0 Å². The Labute approximate surface area is 80.7 Å².